The van der Waals surface area contributed by atoms with Crippen molar-refractivity contribution in [2.45, 2.75) is 36.0 Å². The molecule has 2 aliphatic rings. The fraction of sp³-hybridized carbons (Fsp3) is 0.588. The van der Waals surface area contributed by atoms with Crippen LogP contribution in [0.15, 0.2) is 28.0 Å². The number of nitrogens with one attached hydrogen (secondary N) is 2. The van der Waals surface area contributed by atoms with E-state index in [9.17, 15) is 13.2 Å². The molecule has 0 radical (unpaired) electrons. The van der Waals surface area contributed by atoms with Crippen molar-refractivity contribution in [1.82, 2.24) is 9.62 Å². The summed E-state index contributed by atoms with van der Waals surface area (Å²) >= 11 is 1.57. The molecule has 6 nitrogen and oxygen atoms in total. The fourth-order valence-corrected chi connectivity index (χ4v) is 5.16. The van der Waals surface area contributed by atoms with Gasteiger partial charge in [0.25, 0.3) is 0 Å². The quantitative estimate of drug-likeness (QED) is 0.736. The van der Waals surface area contributed by atoms with Crippen LogP contribution in [0.1, 0.15) is 26.2 Å². The predicted octanol–water partition coefficient (Wildman–Crippen LogP) is 2.13. The number of amides is 1. The van der Waals surface area contributed by atoms with Crippen molar-refractivity contribution in [2.75, 3.05) is 37.2 Å². The first-order chi connectivity index (χ1) is 12.0. The highest BCUT2D eigenvalue weighted by Crippen LogP contribution is 2.34. The minimum absolute atomic E-state index is 0.0700. The molecule has 1 saturated heterocycles. The first-order valence-electron chi connectivity index (χ1n) is 8.75. The lowest BCUT2D eigenvalue weighted by atomic mass is 10.2. The number of fused-ring (bicyclic) bond motifs is 1. The molecule has 2 N–H and O–H groups in total. The van der Waals surface area contributed by atoms with Crippen LogP contribution >= 0.6 is 11.8 Å². The number of thioether (sulfide) groups is 1. The van der Waals surface area contributed by atoms with Gasteiger partial charge in [0, 0.05) is 23.1 Å². The Balaban J connectivity index is 1.62. The number of nitrogens with zero attached hydrogens (tertiary/aromatic N) is 1. The van der Waals surface area contributed by atoms with Gasteiger partial charge in [-0.3, -0.25) is 4.79 Å². The van der Waals surface area contributed by atoms with E-state index in [1.54, 1.807) is 30.0 Å². The molecule has 0 aromatic heterocycles. The molecule has 3 rings (SSSR count). The maximum atomic E-state index is 12.5. The van der Waals surface area contributed by atoms with Crippen molar-refractivity contribution >= 4 is 33.4 Å². The van der Waals surface area contributed by atoms with Gasteiger partial charge in [-0.1, -0.05) is 6.92 Å². The monoisotopic (exact) mass is 383 g/mol. The van der Waals surface area contributed by atoms with Crippen molar-refractivity contribution in [2.24, 2.45) is 5.92 Å². The Kier molecular flexibility index (Phi) is 6.04. The number of carbonyl (C=O) groups excluding carboxylic acids is 1. The molecule has 8 heteroatoms. The maximum absolute atomic E-state index is 12.5. The summed E-state index contributed by atoms with van der Waals surface area (Å²) in [5.74, 6) is 0.528. The van der Waals surface area contributed by atoms with Gasteiger partial charge in [-0.25, -0.2) is 13.1 Å². The average Bonchev–Trinajstić information content (AvgIpc) is 3.05. The van der Waals surface area contributed by atoms with Crippen LogP contribution in [0, 0.1) is 5.92 Å². The summed E-state index contributed by atoms with van der Waals surface area (Å²) in [6.07, 6.45) is 3.28. The summed E-state index contributed by atoms with van der Waals surface area (Å²) in [5.41, 5.74) is 0.583. The van der Waals surface area contributed by atoms with Crippen LogP contribution in [-0.4, -0.2) is 51.2 Å². The molecular weight excluding hydrogens is 358 g/mol. The Morgan fingerprint density at radius 2 is 2.08 bits per heavy atom. The van der Waals surface area contributed by atoms with Gasteiger partial charge < -0.3 is 10.2 Å². The summed E-state index contributed by atoms with van der Waals surface area (Å²) in [5, 5.41) is 2.83. The smallest absolute Gasteiger partial charge is 0.240 e. The molecule has 0 bridgehead atoms. The minimum atomic E-state index is -3.56. The molecule has 1 atom stereocenters. The number of rotatable bonds is 6. The molecule has 0 aliphatic carbocycles. The second kappa shape index (κ2) is 8.07. The van der Waals surface area contributed by atoms with Gasteiger partial charge in [-0.15, -0.1) is 11.8 Å². The standard InChI is InChI=1S/C17H25N3O3S2/c1-13-12-24-16-6-5-14(11-15(16)19-17(13)21)25(22,23)18-7-4-10-20-8-2-3-9-20/h5-6,11,13,18H,2-4,7-10,12H2,1H3,(H,19,21). The van der Waals surface area contributed by atoms with Crippen LogP contribution in [-0.2, 0) is 14.8 Å². The zero-order valence-electron chi connectivity index (χ0n) is 14.5. The molecule has 2 aliphatic heterocycles. The van der Waals surface area contributed by atoms with Crippen molar-refractivity contribution in [1.29, 1.82) is 0 Å². The number of anilines is 1. The van der Waals surface area contributed by atoms with E-state index < -0.39 is 10.0 Å². The molecule has 1 amide bonds. The molecule has 1 aromatic carbocycles. The van der Waals surface area contributed by atoms with Gasteiger partial charge in [0.15, 0.2) is 0 Å². The molecule has 138 valence electrons. The summed E-state index contributed by atoms with van der Waals surface area (Å²) < 4.78 is 27.7. The van der Waals surface area contributed by atoms with E-state index in [-0.39, 0.29) is 16.7 Å². The molecule has 2 heterocycles. The molecular formula is C17H25N3O3S2. The van der Waals surface area contributed by atoms with Gasteiger partial charge in [0.05, 0.1) is 10.6 Å². The van der Waals surface area contributed by atoms with Crippen LogP contribution in [0.5, 0.6) is 0 Å². The van der Waals surface area contributed by atoms with Gasteiger partial charge >= 0.3 is 0 Å². The third-order valence-corrected chi connectivity index (χ3v) is 7.39. The van der Waals surface area contributed by atoms with Crippen molar-refractivity contribution < 1.29 is 13.2 Å². The Bertz CT molecular complexity index is 731. The van der Waals surface area contributed by atoms with Crippen LogP contribution in [0.3, 0.4) is 0 Å². The Morgan fingerprint density at radius 3 is 2.84 bits per heavy atom. The van der Waals surface area contributed by atoms with E-state index in [0.717, 1.165) is 31.0 Å². The summed E-state index contributed by atoms with van der Waals surface area (Å²) in [4.78, 5) is 15.5. The highest BCUT2D eigenvalue weighted by Gasteiger charge is 2.22. The number of hydrogen-bond acceptors (Lipinski definition) is 5. The zero-order chi connectivity index (χ0) is 17.9. The number of benzene rings is 1. The molecule has 0 spiro atoms. The lowest BCUT2D eigenvalue weighted by molar-refractivity contribution is -0.118. The lowest BCUT2D eigenvalue weighted by Crippen LogP contribution is -2.29. The molecule has 1 aromatic rings. The third-order valence-electron chi connectivity index (χ3n) is 4.60. The summed E-state index contributed by atoms with van der Waals surface area (Å²) in [7, 11) is -3.56. The van der Waals surface area contributed by atoms with E-state index in [0.29, 0.717) is 18.0 Å². The maximum Gasteiger partial charge on any atom is 0.240 e. The van der Waals surface area contributed by atoms with Gasteiger partial charge in [0.2, 0.25) is 15.9 Å². The SMILES string of the molecule is CC1CSc2ccc(S(=O)(=O)NCCCN3CCCC3)cc2NC1=O. The Hall–Kier alpha value is -1.09. The van der Waals surface area contributed by atoms with Crippen LogP contribution in [0.4, 0.5) is 5.69 Å². The van der Waals surface area contributed by atoms with Crippen molar-refractivity contribution in [3.8, 4) is 0 Å². The van der Waals surface area contributed by atoms with Gasteiger partial charge in [-0.05, 0) is 57.1 Å². The van der Waals surface area contributed by atoms with Crippen molar-refractivity contribution in [3.63, 3.8) is 0 Å². The number of carbonyl (C=O) groups is 1. The van der Waals surface area contributed by atoms with Gasteiger partial charge in [-0.2, -0.15) is 0 Å². The molecule has 0 saturated carbocycles. The normalized spacial score (nSPS) is 21.6. The third kappa shape index (κ3) is 4.75. The summed E-state index contributed by atoms with van der Waals surface area (Å²) in [6.45, 7) is 5.46. The van der Waals surface area contributed by atoms with Crippen LogP contribution < -0.4 is 10.0 Å². The Morgan fingerprint density at radius 1 is 1.32 bits per heavy atom. The summed E-state index contributed by atoms with van der Waals surface area (Å²) in [6, 6.07) is 4.94. The lowest BCUT2D eigenvalue weighted by Gasteiger charge is -2.15. The number of sulfonamides is 1. The largest absolute Gasteiger partial charge is 0.325 e. The Labute approximate surface area is 153 Å². The zero-order valence-corrected chi connectivity index (χ0v) is 16.1. The number of likely N-dealkylation sites (tertiary alicyclic amines) is 1. The highest BCUT2D eigenvalue weighted by atomic mass is 32.2. The van der Waals surface area contributed by atoms with Crippen LogP contribution in [0.25, 0.3) is 0 Å². The number of hydrogen-bond donors (Lipinski definition) is 2. The van der Waals surface area contributed by atoms with E-state index in [1.165, 1.54) is 12.8 Å². The second-order valence-corrected chi connectivity index (χ2v) is 9.49. The van der Waals surface area contributed by atoms with E-state index in [1.807, 2.05) is 6.92 Å². The minimum Gasteiger partial charge on any atom is -0.325 e. The first kappa shape index (κ1) is 18.7. The van der Waals surface area contributed by atoms with Crippen molar-refractivity contribution in [3.05, 3.63) is 18.2 Å². The second-order valence-electron chi connectivity index (χ2n) is 6.66. The molecule has 1 fully saturated rings. The fourth-order valence-electron chi connectivity index (χ4n) is 3.04. The van der Waals surface area contributed by atoms with E-state index in [4.69, 9.17) is 0 Å². The topological polar surface area (TPSA) is 78.5 Å². The molecule has 1 unspecified atom stereocenters. The molecule has 25 heavy (non-hydrogen) atoms. The van der Waals surface area contributed by atoms with E-state index in [2.05, 4.69) is 14.9 Å². The van der Waals surface area contributed by atoms with E-state index >= 15 is 0 Å². The van der Waals surface area contributed by atoms with Crippen LogP contribution in [0.2, 0.25) is 0 Å². The van der Waals surface area contributed by atoms with Gasteiger partial charge in [0.1, 0.15) is 0 Å². The average molecular weight is 384 g/mol. The highest BCUT2D eigenvalue weighted by molar-refractivity contribution is 7.99. The first-order valence-corrected chi connectivity index (χ1v) is 11.2. The predicted molar refractivity (Wildman–Crippen MR) is 100 cm³/mol.